The number of hydrogen-bond acceptors (Lipinski definition) is 4. The molecule has 1 aliphatic heterocycles. The topological polar surface area (TPSA) is 117 Å². The standard InChI is InChI=1S/C20H31N5O3S/c1-2-22-20(23-13-15-7-9-18(10-8-15)29(21,27)28)24-17-11-12-25(14-17)19(26)16-5-3-4-6-16/h7-10,16-17H,2-6,11-14H2,1H3,(H2,21,27,28)(H2,22,23,24). The molecule has 2 aliphatic rings. The lowest BCUT2D eigenvalue weighted by molar-refractivity contribution is -0.134. The van der Waals surface area contributed by atoms with E-state index in [1.54, 1.807) is 12.1 Å². The number of carbonyl (C=O) groups is 1. The minimum Gasteiger partial charge on any atom is -0.357 e. The van der Waals surface area contributed by atoms with Crippen LogP contribution >= 0.6 is 0 Å². The predicted octanol–water partition coefficient (Wildman–Crippen LogP) is 1.18. The van der Waals surface area contributed by atoms with Gasteiger partial charge >= 0.3 is 0 Å². The van der Waals surface area contributed by atoms with Gasteiger partial charge in [-0.1, -0.05) is 25.0 Å². The summed E-state index contributed by atoms with van der Waals surface area (Å²) in [5.74, 6) is 1.22. The molecular weight excluding hydrogens is 390 g/mol. The van der Waals surface area contributed by atoms with Crippen molar-refractivity contribution in [3.8, 4) is 0 Å². The highest BCUT2D eigenvalue weighted by molar-refractivity contribution is 7.89. The maximum absolute atomic E-state index is 12.6. The van der Waals surface area contributed by atoms with Crippen LogP contribution in [-0.4, -0.2) is 50.9 Å². The van der Waals surface area contributed by atoms with Gasteiger partial charge < -0.3 is 15.5 Å². The number of nitrogens with two attached hydrogens (primary N) is 1. The molecule has 9 heteroatoms. The molecule has 3 rings (SSSR count). The van der Waals surface area contributed by atoms with Gasteiger partial charge in [0.1, 0.15) is 0 Å². The van der Waals surface area contributed by atoms with Crippen LogP contribution in [0.3, 0.4) is 0 Å². The summed E-state index contributed by atoms with van der Waals surface area (Å²) in [6.45, 7) is 4.65. The largest absolute Gasteiger partial charge is 0.357 e. The van der Waals surface area contributed by atoms with Gasteiger partial charge in [-0.05, 0) is 43.9 Å². The van der Waals surface area contributed by atoms with Crippen molar-refractivity contribution in [2.24, 2.45) is 16.0 Å². The molecule has 1 aromatic carbocycles. The Morgan fingerprint density at radius 3 is 2.52 bits per heavy atom. The minimum absolute atomic E-state index is 0.0910. The Morgan fingerprint density at radius 2 is 1.90 bits per heavy atom. The number of primary sulfonamides is 1. The summed E-state index contributed by atoms with van der Waals surface area (Å²) in [5, 5.41) is 11.8. The van der Waals surface area contributed by atoms with E-state index >= 15 is 0 Å². The third kappa shape index (κ3) is 5.93. The molecule has 4 N–H and O–H groups in total. The van der Waals surface area contributed by atoms with Gasteiger partial charge in [-0.2, -0.15) is 0 Å². The van der Waals surface area contributed by atoms with Gasteiger partial charge in [0.25, 0.3) is 0 Å². The smallest absolute Gasteiger partial charge is 0.238 e. The molecule has 2 fully saturated rings. The summed E-state index contributed by atoms with van der Waals surface area (Å²) in [7, 11) is -3.69. The summed E-state index contributed by atoms with van der Waals surface area (Å²) in [6.07, 6.45) is 5.30. The van der Waals surface area contributed by atoms with E-state index in [4.69, 9.17) is 5.14 Å². The number of amides is 1. The number of nitrogens with one attached hydrogen (secondary N) is 2. The molecular formula is C20H31N5O3S. The van der Waals surface area contributed by atoms with Crippen molar-refractivity contribution in [3.63, 3.8) is 0 Å². The Labute approximate surface area is 173 Å². The average Bonchev–Trinajstić information content (AvgIpc) is 3.38. The molecule has 1 saturated heterocycles. The molecule has 1 aliphatic carbocycles. The normalized spacial score (nSPS) is 20.8. The molecule has 29 heavy (non-hydrogen) atoms. The van der Waals surface area contributed by atoms with E-state index in [0.29, 0.717) is 25.0 Å². The molecule has 1 amide bonds. The zero-order chi connectivity index (χ0) is 20.9. The number of sulfonamides is 1. The van der Waals surface area contributed by atoms with Gasteiger partial charge in [0, 0.05) is 31.6 Å². The molecule has 0 spiro atoms. The average molecular weight is 422 g/mol. The number of likely N-dealkylation sites (tertiary alicyclic amines) is 1. The fraction of sp³-hybridized carbons (Fsp3) is 0.600. The maximum Gasteiger partial charge on any atom is 0.238 e. The Bertz CT molecular complexity index is 832. The highest BCUT2D eigenvalue weighted by atomic mass is 32.2. The quantitative estimate of drug-likeness (QED) is 0.471. The third-order valence-corrected chi connectivity index (χ3v) is 6.49. The van der Waals surface area contributed by atoms with E-state index < -0.39 is 10.0 Å². The van der Waals surface area contributed by atoms with Gasteiger partial charge in [-0.3, -0.25) is 4.79 Å². The lowest BCUT2D eigenvalue weighted by Crippen LogP contribution is -2.45. The third-order valence-electron chi connectivity index (χ3n) is 5.56. The Morgan fingerprint density at radius 1 is 1.21 bits per heavy atom. The molecule has 1 saturated carbocycles. The van der Waals surface area contributed by atoms with Gasteiger partial charge in [0.15, 0.2) is 5.96 Å². The summed E-state index contributed by atoms with van der Waals surface area (Å²) in [4.78, 5) is 19.3. The fourth-order valence-electron chi connectivity index (χ4n) is 3.98. The van der Waals surface area contributed by atoms with Crippen molar-refractivity contribution in [3.05, 3.63) is 29.8 Å². The van der Waals surface area contributed by atoms with E-state index in [9.17, 15) is 13.2 Å². The van der Waals surface area contributed by atoms with Gasteiger partial charge in [-0.15, -0.1) is 0 Å². The van der Waals surface area contributed by atoms with Gasteiger partial charge in [-0.25, -0.2) is 18.5 Å². The second-order valence-electron chi connectivity index (χ2n) is 7.78. The number of nitrogens with zero attached hydrogens (tertiary/aromatic N) is 2. The van der Waals surface area contributed by atoms with E-state index in [-0.39, 0.29) is 16.9 Å². The molecule has 0 aromatic heterocycles. The molecule has 160 valence electrons. The highest BCUT2D eigenvalue weighted by Crippen LogP contribution is 2.27. The first-order valence-electron chi connectivity index (χ1n) is 10.3. The van der Waals surface area contributed by atoms with Crippen molar-refractivity contribution in [1.29, 1.82) is 0 Å². The summed E-state index contributed by atoms with van der Waals surface area (Å²) in [5.41, 5.74) is 0.888. The lowest BCUT2D eigenvalue weighted by Gasteiger charge is -2.21. The lowest BCUT2D eigenvalue weighted by atomic mass is 10.1. The van der Waals surface area contributed by atoms with Crippen molar-refractivity contribution in [2.75, 3.05) is 19.6 Å². The van der Waals surface area contributed by atoms with E-state index in [1.807, 2.05) is 11.8 Å². The molecule has 1 aromatic rings. The molecule has 1 heterocycles. The number of carbonyl (C=O) groups excluding carboxylic acids is 1. The van der Waals surface area contributed by atoms with Crippen molar-refractivity contribution < 1.29 is 13.2 Å². The Kier molecular flexibility index (Phi) is 7.13. The molecule has 1 atom stereocenters. The first kappa shape index (κ1) is 21.6. The highest BCUT2D eigenvalue weighted by Gasteiger charge is 2.32. The van der Waals surface area contributed by atoms with Crippen LogP contribution in [0.2, 0.25) is 0 Å². The fourth-order valence-corrected chi connectivity index (χ4v) is 4.49. The number of guanidine groups is 1. The summed E-state index contributed by atoms with van der Waals surface area (Å²) < 4.78 is 22.7. The van der Waals surface area contributed by atoms with Crippen LogP contribution in [0.15, 0.2) is 34.2 Å². The van der Waals surface area contributed by atoms with Crippen molar-refractivity contribution in [1.82, 2.24) is 15.5 Å². The van der Waals surface area contributed by atoms with Gasteiger partial charge in [0.2, 0.25) is 15.9 Å². The van der Waals surface area contributed by atoms with Crippen LogP contribution < -0.4 is 15.8 Å². The van der Waals surface area contributed by atoms with E-state index in [0.717, 1.165) is 37.9 Å². The summed E-state index contributed by atoms with van der Waals surface area (Å²) >= 11 is 0. The zero-order valence-electron chi connectivity index (χ0n) is 16.9. The first-order valence-corrected chi connectivity index (χ1v) is 11.9. The number of benzene rings is 1. The SMILES string of the molecule is CCNC(=NCc1ccc(S(N)(=O)=O)cc1)NC1CCN(C(=O)C2CCCC2)C1. The molecule has 8 nitrogen and oxygen atoms in total. The van der Waals surface area contributed by atoms with Crippen LogP contribution in [0.1, 0.15) is 44.6 Å². The maximum atomic E-state index is 12.6. The zero-order valence-corrected chi connectivity index (χ0v) is 17.7. The number of aliphatic imine (C=N–C) groups is 1. The molecule has 0 radical (unpaired) electrons. The van der Waals surface area contributed by atoms with E-state index in [2.05, 4.69) is 15.6 Å². The summed E-state index contributed by atoms with van der Waals surface area (Å²) in [6, 6.07) is 6.59. The Hall–Kier alpha value is -2.13. The number of hydrogen-bond donors (Lipinski definition) is 3. The van der Waals surface area contributed by atoms with Crippen LogP contribution in [0.5, 0.6) is 0 Å². The van der Waals surface area contributed by atoms with Crippen LogP contribution in [0.25, 0.3) is 0 Å². The van der Waals surface area contributed by atoms with Crippen LogP contribution in [0, 0.1) is 5.92 Å². The second kappa shape index (κ2) is 9.58. The monoisotopic (exact) mass is 421 g/mol. The van der Waals surface area contributed by atoms with E-state index in [1.165, 1.54) is 25.0 Å². The second-order valence-corrected chi connectivity index (χ2v) is 9.34. The van der Waals surface area contributed by atoms with Gasteiger partial charge in [0.05, 0.1) is 11.4 Å². The molecule has 0 bridgehead atoms. The predicted molar refractivity (Wildman–Crippen MR) is 113 cm³/mol. The van der Waals surface area contributed by atoms with Crippen LogP contribution in [-0.2, 0) is 21.4 Å². The molecule has 1 unspecified atom stereocenters. The number of rotatable bonds is 6. The minimum atomic E-state index is -3.69. The van der Waals surface area contributed by atoms with Crippen molar-refractivity contribution >= 4 is 21.9 Å². The van der Waals surface area contributed by atoms with Crippen LogP contribution in [0.4, 0.5) is 0 Å². The Balaban J connectivity index is 1.56. The first-order chi connectivity index (χ1) is 13.9. The van der Waals surface area contributed by atoms with Crippen molar-refractivity contribution in [2.45, 2.75) is 56.5 Å².